The van der Waals surface area contributed by atoms with Crippen LogP contribution in [-0.4, -0.2) is 49.6 Å². The number of nitrogens with zero attached hydrogens (tertiary/aromatic N) is 4. The van der Waals surface area contributed by atoms with Crippen molar-refractivity contribution in [3.05, 3.63) is 64.4 Å². The summed E-state index contributed by atoms with van der Waals surface area (Å²) >= 11 is 7.37. The number of hydrogen-bond acceptors (Lipinski definition) is 5. The Kier molecular flexibility index (Phi) is 6.13. The average Bonchev–Trinajstić information content (AvgIpc) is 3.19. The maximum atomic E-state index is 13.1. The van der Waals surface area contributed by atoms with Crippen molar-refractivity contribution in [3.63, 3.8) is 0 Å². The van der Waals surface area contributed by atoms with Crippen LogP contribution in [0.5, 0.6) is 0 Å². The normalized spacial score (nSPS) is 20.3. The highest BCUT2D eigenvalue weighted by Gasteiger charge is 2.31. The molecule has 2 heterocycles. The van der Waals surface area contributed by atoms with Gasteiger partial charge in [0.25, 0.3) is 0 Å². The molecule has 0 N–H and O–H groups in total. The fourth-order valence-corrected chi connectivity index (χ4v) is 4.64. The number of halogens is 2. The van der Waals surface area contributed by atoms with Crippen molar-refractivity contribution in [2.24, 2.45) is 0 Å². The Hall–Kier alpha value is -2.35. The Labute approximate surface area is 184 Å². The van der Waals surface area contributed by atoms with Gasteiger partial charge in [0.15, 0.2) is 0 Å². The second-order valence-electron chi connectivity index (χ2n) is 7.71. The number of fused-ring (bicyclic) bond motifs is 1. The van der Waals surface area contributed by atoms with Gasteiger partial charge in [-0.2, -0.15) is 8.75 Å². The third-order valence-electron chi connectivity index (χ3n) is 5.45. The van der Waals surface area contributed by atoms with E-state index in [0.29, 0.717) is 17.1 Å². The summed E-state index contributed by atoms with van der Waals surface area (Å²) in [6.07, 6.45) is 3.37. The fraction of sp³-hybridized carbons (Fsp3) is 0.318. The van der Waals surface area contributed by atoms with Crippen LogP contribution in [0.25, 0.3) is 17.1 Å². The molecule has 3 aromatic rings. The minimum absolute atomic E-state index is 0.0246. The van der Waals surface area contributed by atoms with Gasteiger partial charge in [-0.25, -0.2) is 4.39 Å². The summed E-state index contributed by atoms with van der Waals surface area (Å²) in [7, 11) is 0. The topological polar surface area (TPSA) is 49.3 Å². The predicted molar refractivity (Wildman–Crippen MR) is 119 cm³/mol. The SMILES string of the molecule is CC1CN(C(=O)C=Cc2cc(Cl)c3nsnc3c2)C(C)CN1Cc1ccc(F)cc1. The number of carbonyl (C=O) groups excluding carboxylic acids is 1. The lowest BCUT2D eigenvalue weighted by Gasteiger charge is -2.44. The molecule has 4 rings (SSSR count). The molecule has 1 amide bonds. The first kappa shape index (κ1) is 20.9. The number of rotatable bonds is 4. The second kappa shape index (κ2) is 8.79. The molecule has 2 unspecified atom stereocenters. The molecule has 1 aliphatic rings. The molecule has 1 aromatic heterocycles. The van der Waals surface area contributed by atoms with Gasteiger partial charge in [-0.1, -0.05) is 23.7 Å². The van der Waals surface area contributed by atoms with Crippen LogP contribution in [-0.2, 0) is 11.3 Å². The third-order valence-corrected chi connectivity index (χ3v) is 6.28. The Morgan fingerprint density at radius 2 is 1.97 bits per heavy atom. The number of hydrogen-bond donors (Lipinski definition) is 0. The maximum absolute atomic E-state index is 13.1. The van der Waals surface area contributed by atoms with E-state index in [0.717, 1.165) is 41.5 Å². The van der Waals surface area contributed by atoms with Gasteiger partial charge in [0.05, 0.1) is 16.8 Å². The van der Waals surface area contributed by atoms with Crippen LogP contribution in [0.1, 0.15) is 25.0 Å². The van der Waals surface area contributed by atoms with Crippen molar-refractivity contribution in [1.82, 2.24) is 18.5 Å². The number of piperazine rings is 1. The van der Waals surface area contributed by atoms with Gasteiger partial charge in [-0.15, -0.1) is 0 Å². The summed E-state index contributed by atoms with van der Waals surface area (Å²) in [6.45, 7) is 6.31. The molecule has 0 bridgehead atoms. The number of aromatic nitrogens is 2. The van der Waals surface area contributed by atoms with E-state index in [1.54, 1.807) is 18.2 Å². The molecule has 1 fully saturated rings. The Bertz CT molecular complexity index is 1080. The predicted octanol–water partition coefficient (Wildman–Crippen LogP) is 4.62. The van der Waals surface area contributed by atoms with Crippen LogP contribution in [0.4, 0.5) is 4.39 Å². The summed E-state index contributed by atoms with van der Waals surface area (Å²) in [6, 6.07) is 10.5. The second-order valence-corrected chi connectivity index (χ2v) is 8.65. The monoisotopic (exact) mass is 444 g/mol. The number of amides is 1. The van der Waals surface area contributed by atoms with E-state index in [1.807, 2.05) is 23.1 Å². The fourth-order valence-electron chi connectivity index (χ4n) is 3.78. The van der Waals surface area contributed by atoms with Crippen LogP contribution in [0.3, 0.4) is 0 Å². The van der Waals surface area contributed by atoms with E-state index in [2.05, 4.69) is 27.5 Å². The van der Waals surface area contributed by atoms with Gasteiger partial charge in [0.1, 0.15) is 16.9 Å². The summed E-state index contributed by atoms with van der Waals surface area (Å²) in [5.41, 5.74) is 3.31. The standard InChI is InChI=1S/C22H22ClFN4OS/c1-14-12-28(15(2)11-27(14)13-16-3-6-18(24)7-4-16)21(29)8-5-17-9-19(23)22-20(10-17)25-30-26-22/h3-10,14-15H,11-13H2,1-2H3. The van der Waals surface area contributed by atoms with Crippen LogP contribution in [0.2, 0.25) is 5.02 Å². The van der Waals surface area contributed by atoms with E-state index < -0.39 is 0 Å². The summed E-state index contributed by atoms with van der Waals surface area (Å²) in [4.78, 5) is 17.1. The molecule has 0 spiro atoms. The van der Waals surface area contributed by atoms with Crippen LogP contribution in [0.15, 0.2) is 42.5 Å². The minimum Gasteiger partial charge on any atom is -0.334 e. The molecule has 30 heavy (non-hydrogen) atoms. The molecule has 1 aliphatic heterocycles. The molecule has 156 valence electrons. The molecular weight excluding hydrogens is 423 g/mol. The molecule has 0 radical (unpaired) electrons. The van der Waals surface area contributed by atoms with E-state index in [9.17, 15) is 9.18 Å². The smallest absolute Gasteiger partial charge is 0.246 e. The van der Waals surface area contributed by atoms with Gasteiger partial charge in [-0.3, -0.25) is 9.69 Å². The first-order valence-corrected chi connectivity index (χ1v) is 10.9. The third kappa shape index (κ3) is 4.53. The van der Waals surface area contributed by atoms with Crippen molar-refractivity contribution in [2.75, 3.05) is 13.1 Å². The Morgan fingerprint density at radius 3 is 2.73 bits per heavy atom. The Morgan fingerprint density at radius 1 is 1.20 bits per heavy atom. The van der Waals surface area contributed by atoms with Crippen molar-refractivity contribution < 1.29 is 9.18 Å². The number of benzene rings is 2. The van der Waals surface area contributed by atoms with E-state index >= 15 is 0 Å². The largest absolute Gasteiger partial charge is 0.334 e. The number of carbonyl (C=O) groups is 1. The van der Waals surface area contributed by atoms with Crippen molar-refractivity contribution in [3.8, 4) is 0 Å². The molecule has 5 nitrogen and oxygen atoms in total. The molecule has 0 aliphatic carbocycles. The first-order valence-electron chi connectivity index (χ1n) is 9.79. The molecular formula is C22H22ClFN4OS. The van der Waals surface area contributed by atoms with Crippen molar-refractivity contribution in [1.29, 1.82) is 0 Å². The van der Waals surface area contributed by atoms with Crippen LogP contribution in [0, 0.1) is 5.82 Å². The van der Waals surface area contributed by atoms with Gasteiger partial charge in [0.2, 0.25) is 5.91 Å². The quantitative estimate of drug-likeness (QED) is 0.551. The first-order chi connectivity index (χ1) is 14.4. The van der Waals surface area contributed by atoms with Crippen molar-refractivity contribution in [2.45, 2.75) is 32.5 Å². The van der Waals surface area contributed by atoms with E-state index in [4.69, 9.17) is 11.6 Å². The van der Waals surface area contributed by atoms with Gasteiger partial charge in [-0.05, 0) is 55.3 Å². The van der Waals surface area contributed by atoms with E-state index in [-0.39, 0.29) is 23.8 Å². The maximum Gasteiger partial charge on any atom is 0.246 e. The Balaban J connectivity index is 1.42. The van der Waals surface area contributed by atoms with Crippen LogP contribution < -0.4 is 0 Å². The van der Waals surface area contributed by atoms with Crippen LogP contribution >= 0.6 is 23.3 Å². The zero-order valence-corrected chi connectivity index (χ0v) is 18.3. The molecule has 0 saturated carbocycles. The highest BCUT2D eigenvalue weighted by molar-refractivity contribution is 7.00. The molecule has 2 atom stereocenters. The zero-order chi connectivity index (χ0) is 21.3. The summed E-state index contributed by atoms with van der Waals surface area (Å²) < 4.78 is 21.5. The van der Waals surface area contributed by atoms with Gasteiger partial charge >= 0.3 is 0 Å². The molecule has 8 heteroatoms. The average molecular weight is 445 g/mol. The van der Waals surface area contributed by atoms with Gasteiger partial charge < -0.3 is 4.90 Å². The molecule has 1 saturated heterocycles. The lowest BCUT2D eigenvalue weighted by molar-refractivity contribution is -0.131. The van der Waals surface area contributed by atoms with E-state index in [1.165, 1.54) is 12.1 Å². The minimum atomic E-state index is -0.228. The van der Waals surface area contributed by atoms with Gasteiger partial charge in [0, 0.05) is 37.8 Å². The lowest BCUT2D eigenvalue weighted by atomic mass is 10.1. The summed E-state index contributed by atoms with van der Waals surface area (Å²) in [5.74, 6) is -0.253. The lowest BCUT2D eigenvalue weighted by Crippen LogP contribution is -2.57. The summed E-state index contributed by atoms with van der Waals surface area (Å²) in [5, 5.41) is 0.532. The van der Waals surface area contributed by atoms with Crippen molar-refractivity contribution >= 4 is 46.3 Å². The highest BCUT2D eigenvalue weighted by atomic mass is 35.5. The zero-order valence-electron chi connectivity index (χ0n) is 16.8. The molecule has 2 aromatic carbocycles. The highest BCUT2D eigenvalue weighted by Crippen LogP contribution is 2.25.